The number of hydrogen-bond acceptors (Lipinski definition) is 9. The van der Waals surface area contributed by atoms with Crippen LogP contribution >= 0.6 is 0 Å². The van der Waals surface area contributed by atoms with Gasteiger partial charge in [0.05, 0.1) is 16.6 Å². The van der Waals surface area contributed by atoms with Gasteiger partial charge in [0, 0.05) is 18.9 Å². The van der Waals surface area contributed by atoms with Gasteiger partial charge in [-0.2, -0.15) is 5.06 Å². The number of hydroxylamine groups is 2. The third-order valence-corrected chi connectivity index (χ3v) is 7.87. The van der Waals surface area contributed by atoms with Crippen molar-refractivity contribution in [2.75, 3.05) is 4.90 Å². The molecule has 1 aromatic heterocycles. The fourth-order valence-electron chi connectivity index (χ4n) is 6.13. The largest absolute Gasteiger partial charge is 0.454 e. The van der Waals surface area contributed by atoms with Crippen molar-refractivity contribution in [3.8, 4) is 0 Å². The first kappa shape index (κ1) is 25.2. The van der Waals surface area contributed by atoms with Gasteiger partial charge in [0.25, 0.3) is 5.56 Å². The van der Waals surface area contributed by atoms with Crippen molar-refractivity contribution in [1.82, 2.24) is 14.6 Å². The van der Waals surface area contributed by atoms with Crippen LogP contribution in [0.3, 0.4) is 0 Å². The smallest absolute Gasteiger partial charge is 0.330 e. The molecule has 0 unspecified atom stereocenters. The Morgan fingerprint density at radius 2 is 1.82 bits per heavy atom. The molecule has 11 heteroatoms. The minimum atomic E-state index is -1.44. The molecule has 0 aliphatic carbocycles. The summed E-state index contributed by atoms with van der Waals surface area (Å²) in [7, 11) is 0. The van der Waals surface area contributed by atoms with Crippen molar-refractivity contribution in [2.45, 2.75) is 64.1 Å². The van der Waals surface area contributed by atoms with E-state index in [1.54, 1.807) is 55.5 Å². The molecule has 2 aromatic carbocycles. The highest BCUT2D eigenvalue weighted by molar-refractivity contribution is 6.02. The number of esters is 2. The fraction of sp³-hybridized carbons (Fsp3) is 0.393. The Labute approximate surface area is 223 Å². The number of nitrogens with zero attached hydrogens (tertiary/aromatic N) is 4. The maximum absolute atomic E-state index is 14.0. The highest BCUT2D eigenvalue weighted by Crippen LogP contribution is 2.57. The number of para-hydroxylation sites is 2. The van der Waals surface area contributed by atoms with Gasteiger partial charge in [-0.1, -0.05) is 44.2 Å². The van der Waals surface area contributed by atoms with Crippen LogP contribution in [0.15, 0.2) is 53.3 Å². The van der Waals surface area contributed by atoms with Gasteiger partial charge >= 0.3 is 11.9 Å². The standard InChI is InChI=1S/C28H28N4O7/c1-14(2)22(38-16(4)33)23-29-19-11-7-5-9-17(19)25(35)30(23)21-13-28(39-26(21)36)18-10-6-8-12-20(18)31-24(34)15(3)32(37)27(28)31/h5-12,14-15,21-22,27,37H,13H2,1-4H3/t15-,21-,22+,27+,28-/m0/s1. The summed E-state index contributed by atoms with van der Waals surface area (Å²) in [6.07, 6.45) is -1.98. The number of carbonyl (C=O) groups excluding carboxylic acids is 3. The van der Waals surface area contributed by atoms with Crippen molar-refractivity contribution in [3.05, 3.63) is 70.3 Å². The maximum atomic E-state index is 14.0. The normalized spacial score (nSPS) is 26.8. The minimum absolute atomic E-state index is 0.0567. The maximum Gasteiger partial charge on any atom is 0.330 e. The van der Waals surface area contributed by atoms with Crippen LogP contribution < -0.4 is 10.5 Å². The second-order valence-electron chi connectivity index (χ2n) is 10.6. The van der Waals surface area contributed by atoms with Crippen LogP contribution in [-0.4, -0.2) is 49.9 Å². The minimum Gasteiger partial charge on any atom is -0.454 e. The van der Waals surface area contributed by atoms with E-state index >= 15 is 0 Å². The third-order valence-electron chi connectivity index (χ3n) is 7.87. The average Bonchev–Trinajstić information content (AvgIpc) is 3.47. The average molecular weight is 533 g/mol. The van der Waals surface area contributed by atoms with Gasteiger partial charge in [-0.05, 0) is 31.0 Å². The molecule has 2 fully saturated rings. The quantitative estimate of drug-likeness (QED) is 0.504. The predicted molar refractivity (Wildman–Crippen MR) is 138 cm³/mol. The molecule has 4 heterocycles. The first-order chi connectivity index (χ1) is 18.6. The van der Waals surface area contributed by atoms with Gasteiger partial charge in [-0.25, -0.2) is 9.78 Å². The van der Waals surface area contributed by atoms with E-state index in [-0.39, 0.29) is 24.1 Å². The summed E-state index contributed by atoms with van der Waals surface area (Å²) in [5.41, 5.74) is -0.415. The van der Waals surface area contributed by atoms with Crippen LogP contribution in [0, 0.1) is 5.92 Å². The highest BCUT2D eigenvalue weighted by atomic mass is 16.6. The van der Waals surface area contributed by atoms with E-state index in [4.69, 9.17) is 14.5 Å². The Bertz CT molecular complexity index is 1600. The summed E-state index contributed by atoms with van der Waals surface area (Å²) >= 11 is 0. The van der Waals surface area contributed by atoms with Crippen molar-refractivity contribution >= 4 is 34.4 Å². The Morgan fingerprint density at radius 3 is 2.54 bits per heavy atom. The highest BCUT2D eigenvalue weighted by Gasteiger charge is 2.67. The Morgan fingerprint density at radius 1 is 1.13 bits per heavy atom. The van der Waals surface area contributed by atoms with Crippen molar-refractivity contribution in [3.63, 3.8) is 0 Å². The molecule has 11 nitrogen and oxygen atoms in total. The molecule has 1 N–H and O–H groups in total. The Balaban J connectivity index is 1.56. The Kier molecular flexibility index (Phi) is 5.63. The zero-order valence-electron chi connectivity index (χ0n) is 21.9. The number of carbonyl (C=O) groups is 3. The molecular weight excluding hydrogens is 504 g/mol. The topological polar surface area (TPSA) is 131 Å². The number of amides is 1. The second kappa shape index (κ2) is 8.72. The number of ether oxygens (including phenoxy) is 2. The zero-order valence-corrected chi connectivity index (χ0v) is 21.9. The number of hydrogen-bond donors (Lipinski definition) is 1. The Hall–Kier alpha value is -4.09. The monoisotopic (exact) mass is 532 g/mol. The van der Waals surface area contributed by atoms with Gasteiger partial charge in [0.1, 0.15) is 12.1 Å². The van der Waals surface area contributed by atoms with Crippen molar-refractivity contribution in [2.24, 2.45) is 5.92 Å². The first-order valence-corrected chi connectivity index (χ1v) is 12.9. The lowest BCUT2D eigenvalue weighted by Crippen LogP contribution is -2.50. The van der Waals surface area contributed by atoms with E-state index in [1.165, 1.54) is 16.4 Å². The first-order valence-electron chi connectivity index (χ1n) is 12.9. The number of aromatic nitrogens is 2. The SMILES string of the molecule is CC(=O)O[C@@H](c1nc2ccccc2c(=O)n1[C@H]1C[C@]2(OC1=O)c1ccccc1N1C(=O)[C@H](C)N(O)[C@@H]12)C(C)C. The molecule has 202 valence electrons. The molecule has 39 heavy (non-hydrogen) atoms. The molecular formula is C28H28N4O7. The summed E-state index contributed by atoms with van der Waals surface area (Å²) in [6.45, 7) is 6.51. The van der Waals surface area contributed by atoms with Gasteiger partial charge in [0.15, 0.2) is 23.7 Å². The van der Waals surface area contributed by atoms with Crippen LogP contribution in [0.5, 0.6) is 0 Å². The number of benzene rings is 2. The van der Waals surface area contributed by atoms with E-state index in [2.05, 4.69) is 0 Å². The predicted octanol–water partition coefficient (Wildman–Crippen LogP) is 2.81. The molecule has 3 aliphatic rings. The summed E-state index contributed by atoms with van der Waals surface area (Å²) in [6, 6.07) is 11.8. The van der Waals surface area contributed by atoms with E-state index in [0.717, 1.165) is 5.06 Å². The van der Waals surface area contributed by atoms with Crippen LogP contribution in [0.2, 0.25) is 0 Å². The molecule has 1 spiro atoms. The lowest BCUT2D eigenvalue weighted by atomic mass is 9.88. The number of fused-ring (bicyclic) bond motifs is 6. The van der Waals surface area contributed by atoms with E-state index < -0.39 is 47.5 Å². The van der Waals surface area contributed by atoms with Gasteiger partial charge in [0.2, 0.25) is 5.91 Å². The number of anilines is 1. The lowest BCUT2D eigenvalue weighted by molar-refractivity contribution is -0.190. The lowest BCUT2D eigenvalue weighted by Gasteiger charge is -2.33. The van der Waals surface area contributed by atoms with E-state index in [9.17, 15) is 24.4 Å². The summed E-state index contributed by atoms with van der Waals surface area (Å²) in [5.74, 6) is -1.74. The van der Waals surface area contributed by atoms with Crippen LogP contribution in [0.1, 0.15) is 57.6 Å². The summed E-state index contributed by atoms with van der Waals surface area (Å²) in [4.78, 5) is 59.1. The van der Waals surface area contributed by atoms with Crippen LogP contribution in [-0.2, 0) is 29.5 Å². The zero-order chi connectivity index (χ0) is 27.8. The van der Waals surface area contributed by atoms with E-state index in [1.807, 2.05) is 13.8 Å². The molecule has 5 atom stereocenters. The molecule has 0 radical (unpaired) electrons. The summed E-state index contributed by atoms with van der Waals surface area (Å²) in [5, 5.41) is 12.2. The van der Waals surface area contributed by atoms with Gasteiger partial charge < -0.3 is 14.7 Å². The summed E-state index contributed by atoms with van der Waals surface area (Å²) < 4.78 is 13.0. The third kappa shape index (κ3) is 3.46. The van der Waals surface area contributed by atoms with Gasteiger partial charge in [-0.3, -0.25) is 23.9 Å². The van der Waals surface area contributed by atoms with Crippen molar-refractivity contribution < 1.29 is 29.1 Å². The van der Waals surface area contributed by atoms with Gasteiger partial charge in [-0.15, -0.1) is 0 Å². The van der Waals surface area contributed by atoms with Crippen molar-refractivity contribution in [1.29, 1.82) is 0 Å². The molecule has 6 rings (SSSR count). The molecule has 2 saturated heterocycles. The van der Waals surface area contributed by atoms with Crippen LogP contribution in [0.25, 0.3) is 10.9 Å². The number of rotatable bonds is 4. The molecule has 0 saturated carbocycles. The molecule has 3 aliphatic heterocycles. The molecule has 3 aromatic rings. The molecule has 1 amide bonds. The van der Waals surface area contributed by atoms with Crippen LogP contribution in [0.4, 0.5) is 5.69 Å². The second-order valence-corrected chi connectivity index (χ2v) is 10.6. The fourth-order valence-corrected chi connectivity index (χ4v) is 6.13. The van der Waals surface area contributed by atoms with E-state index in [0.29, 0.717) is 22.2 Å². The molecule has 0 bridgehead atoms.